The first-order chi connectivity index (χ1) is 11.6. The average molecular weight is 338 g/mol. The van der Waals surface area contributed by atoms with Crippen molar-refractivity contribution < 1.29 is 14.3 Å². The van der Waals surface area contributed by atoms with Crippen LogP contribution < -0.4 is 5.32 Å². The van der Waals surface area contributed by atoms with E-state index in [-0.39, 0.29) is 11.9 Å². The third-order valence-electron chi connectivity index (χ3n) is 5.49. The maximum absolute atomic E-state index is 12.9. The normalized spacial score (nSPS) is 25.3. The lowest BCUT2D eigenvalue weighted by Crippen LogP contribution is -2.48. The van der Waals surface area contributed by atoms with Crippen LogP contribution in [0, 0.1) is 0 Å². The summed E-state index contributed by atoms with van der Waals surface area (Å²) in [5.41, 5.74) is -0.626. The lowest BCUT2D eigenvalue weighted by atomic mass is 9.90. The smallest absolute Gasteiger partial charge is 0.326 e. The second kappa shape index (κ2) is 7.80. The Morgan fingerprint density at radius 1 is 1.12 bits per heavy atom. The molecule has 136 valence electrons. The molecule has 1 N–H and O–H groups in total. The Hall–Kier alpha value is -1.18. The van der Waals surface area contributed by atoms with Crippen LogP contribution in [0.15, 0.2) is 0 Å². The van der Waals surface area contributed by atoms with Gasteiger partial charge in [0, 0.05) is 26.2 Å². The van der Waals surface area contributed by atoms with Crippen molar-refractivity contribution in [3.63, 3.8) is 0 Å². The number of ether oxygens (including phenoxy) is 1. The lowest BCUT2D eigenvalue weighted by Gasteiger charge is -2.30. The van der Waals surface area contributed by atoms with Crippen LogP contribution in [-0.4, -0.2) is 85.3 Å². The molecule has 1 spiro atoms. The van der Waals surface area contributed by atoms with E-state index in [1.807, 2.05) is 7.05 Å². The van der Waals surface area contributed by atoms with E-state index in [0.717, 1.165) is 77.9 Å². The molecule has 0 aromatic heterocycles. The highest BCUT2D eigenvalue weighted by Crippen LogP contribution is 2.32. The molecule has 3 amide bonds. The van der Waals surface area contributed by atoms with Crippen molar-refractivity contribution in [1.29, 1.82) is 0 Å². The minimum atomic E-state index is -0.626. The van der Waals surface area contributed by atoms with Gasteiger partial charge in [-0.05, 0) is 19.9 Å². The zero-order valence-electron chi connectivity index (χ0n) is 14.8. The summed E-state index contributed by atoms with van der Waals surface area (Å²) >= 11 is 0. The first-order valence-electron chi connectivity index (χ1n) is 9.23. The number of rotatable bonds is 5. The molecule has 1 aliphatic carbocycles. The first kappa shape index (κ1) is 17.6. The molecule has 3 rings (SSSR count). The van der Waals surface area contributed by atoms with Crippen molar-refractivity contribution >= 4 is 11.9 Å². The molecule has 2 saturated heterocycles. The second-order valence-corrected chi connectivity index (χ2v) is 7.33. The van der Waals surface area contributed by atoms with Crippen molar-refractivity contribution in [3.8, 4) is 0 Å². The molecule has 7 nitrogen and oxygen atoms in total. The summed E-state index contributed by atoms with van der Waals surface area (Å²) in [7, 11) is 1.97. The Morgan fingerprint density at radius 3 is 2.46 bits per heavy atom. The largest absolute Gasteiger partial charge is 0.379 e. The summed E-state index contributed by atoms with van der Waals surface area (Å²) in [6.07, 6.45) is 5.92. The summed E-state index contributed by atoms with van der Waals surface area (Å²) in [5.74, 6) is -0.0207. The van der Waals surface area contributed by atoms with E-state index < -0.39 is 5.54 Å². The molecule has 3 aliphatic rings. The summed E-state index contributed by atoms with van der Waals surface area (Å²) in [4.78, 5) is 31.1. The quantitative estimate of drug-likeness (QED) is 0.753. The molecule has 2 aliphatic heterocycles. The summed E-state index contributed by atoms with van der Waals surface area (Å²) in [6.45, 7) is 5.65. The molecule has 24 heavy (non-hydrogen) atoms. The monoisotopic (exact) mass is 338 g/mol. The number of urea groups is 1. The number of carbonyl (C=O) groups is 2. The lowest BCUT2D eigenvalue weighted by molar-refractivity contribution is -0.133. The molecule has 0 bridgehead atoms. The van der Waals surface area contributed by atoms with E-state index in [2.05, 4.69) is 15.1 Å². The standard InChI is InChI=1S/C17H30N4O3/c1-19(8-9-20-10-12-24-13-11-20)14-21-15(22)17(18-16(21)23)6-4-2-3-5-7-17/h2-14H2,1H3,(H,18,23). The van der Waals surface area contributed by atoms with E-state index in [0.29, 0.717) is 6.67 Å². The fourth-order valence-corrected chi connectivity index (χ4v) is 3.92. The molecular formula is C17H30N4O3. The van der Waals surface area contributed by atoms with Crippen LogP contribution in [0.3, 0.4) is 0 Å². The number of amides is 3. The van der Waals surface area contributed by atoms with Gasteiger partial charge in [0.2, 0.25) is 0 Å². The number of nitrogens with zero attached hydrogens (tertiary/aromatic N) is 3. The van der Waals surface area contributed by atoms with E-state index in [9.17, 15) is 9.59 Å². The molecule has 0 unspecified atom stereocenters. The molecule has 7 heteroatoms. The number of hydrogen-bond acceptors (Lipinski definition) is 5. The Bertz CT molecular complexity index is 457. The van der Waals surface area contributed by atoms with Gasteiger partial charge < -0.3 is 10.1 Å². The highest BCUT2D eigenvalue weighted by atomic mass is 16.5. The van der Waals surface area contributed by atoms with Crippen LogP contribution in [0.25, 0.3) is 0 Å². The van der Waals surface area contributed by atoms with Gasteiger partial charge in [-0.2, -0.15) is 0 Å². The Labute approximate surface area is 144 Å². The van der Waals surface area contributed by atoms with Crippen LogP contribution >= 0.6 is 0 Å². The SMILES string of the molecule is CN(CCN1CCOCC1)CN1C(=O)NC2(CCCCCC2)C1=O. The Kier molecular flexibility index (Phi) is 5.73. The number of morpholine rings is 1. The van der Waals surface area contributed by atoms with E-state index >= 15 is 0 Å². The average Bonchev–Trinajstić information content (AvgIpc) is 2.76. The molecule has 2 heterocycles. The summed E-state index contributed by atoms with van der Waals surface area (Å²) in [6, 6.07) is -0.222. The van der Waals surface area contributed by atoms with Crippen LogP contribution in [0.1, 0.15) is 38.5 Å². The van der Waals surface area contributed by atoms with Gasteiger partial charge in [0.25, 0.3) is 5.91 Å². The van der Waals surface area contributed by atoms with Crippen molar-refractivity contribution in [2.75, 3.05) is 53.1 Å². The topological polar surface area (TPSA) is 65.1 Å². The van der Waals surface area contributed by atoms with Gasteiger partial charge in [0.05, 0.1) is 19.9 Å². The molecule has 3 fully saturated rings. The molecular weight excluding hydrogens is 308 g/mol. The van der Waals surface area contributed by atoms with Crippen LogP contribution in [0.5, 0.6) is 0 Å². The third kappa shape index (κ3) is 3.90. The van der Waals surface area contributed by atoms with Gasteiger partial charge in [0.15, 0.2) is 0 Å². The number of hydrogen-bond donors (Lipinski definition) is 1. The van der Waals surface area contributed by atoms with Gasteiger partial charge in [-0.3, -0.25) is 14.6 Å². The molecule has 0 aromatic rings. The van der Waals surface area contributed by atoms with Crippen molar-refractivity contribution in [3.05, 3.63) is 0 Å². The van der Waals surface area contributed by atoms with E-state index in [1.165, 1.54) is 4.90 Å². The van der Waals surface area contributed by atoms with Crippen molar-refractivity contribution in [2.24, 2.45) is 0 Å². The zero-order valence-corrected chi connectivity index (χ0v) is 14.8. The van der Waals surface area contributed by atoms with Crippen molar-refractivity contribution in [2.45, 2.75) is 44.1 Å². The van der Waals surface area contributed by atoms with Crippen LogP contribution in [0.2, 0.25) is 0 Å². The van der Waals surface area contributed by atoms with Gasteiger partial charge in [-0.1, -0.05) is 25.7 Å². The summed E-state index contributed by atoms with van der Waals surface area (Å²) in [5, 5.41) is 3.00. The fraction of sp³-hybridized carbons (Fsp3) is 0.882. The van der Waals surface area contributed by atoms with Gasteiger partial charge >= 0.3 is 6.03 Å². The van der Waals surface area contributed by atoms with Gasteiger partial charge in [-0.25, -0.2) is 9.69 Å². The Balaban J connectivity index is 1.52. The predicted molar refractivity (Wildman–Crippen MR) is 90.6 cm³/mol. The summed E-state index contributed by atoms with van der Waals surface area (Å²) < 4.78 is 5.36. The minimum Gasteiger partial charge on any atom is -0.379 e. The minimum absolute atomic E-state index is 0.0207. The maximum Gasteiger partial charge on any atom is 0.326 e. The number of nitrogens with one attached hydrogen (secondary N) is 1. The van der Waals surface area contributed by atoms with Gasteiger partial charge in [0.1, 0.15) is 5.54 Å². The molecule has 0 aromatic carbocycles. The van der Waals surface area contributed by atoms with Gasteiger partial charge in [-0.15, -0.1) is 0 Å². The second-order valence-electron chi connectivity index (χ2n) is 7.33. The molecule has 1 saturated carbocycles. The zero-order chi connectivity index (χ0) is 17.0. The highest BCUT2D eigenvalue weighted by molar-refractivity contribution is 6.07. The fourth-order valence-electron chi connectivity index (χ4n) is 3.92. The van der Waals surface area contributed by atoms with Crippen LogP contribution in [0.4, 0.5) is 4.79 Å². The van der Waals surface area contributed by atoms with Crippen molar-refractivity contribution in [1.82, 2.24) is 20.0 Å². The van der Waals surface area contributed by atoms with Crippen LogP contribution in [-0.2, 0) is 9.53 Å². The Morgan fingerprint density at radius 2 is 1.79 bits per heavy atom. The highest BCUT2D eigenvalue weighted by Gasteiger charge is 2.50. The predicted octanol–water partition coefficient (Wildman–Crippen LogP) is 0.853. The molecule has 0 radical (unpaired) electrons. The van der Waals surface area contributed by atoms with E-state index in [4.69, 9.17) is 4.74 Å². The first-order valence-corrected chi connectivity index (χ1v) is 9.23. The number of likely N-dealkylation sites (N-methyl/N-ethyl adjacent to an activating group) is 1. The third-order valence-corrected chi connectivity index (χ3v) is 5.49. The maximum atomic E-state index is 12.9. The molecule has 0 atom stereocenters. The number of carbonyl (C=O) groups excluding carboxylic acids is 2. The van der Waals surface area contributed by atoms with E-state index in [1.54, 1.807) is 0 Å². The number of imide groups is 1.